The summed E-state index contributed by atoms with van der Waals surface area (Å²) < 4.78 is 48.0. The lowest BCUT2D eigenvalue weighted by molar-refractivity contribution is -0.292. The van der Waals surface area contributed by atoms with Gasteiger partial charge < -0.3 is 19.1 Å². The van der Waals surface area contributed by atoms with Gasteiger partial charge in [-0.2, -0.15) is 8.42 Å². The maximum Gasteiger partial charge on any atom is 0.264 e. The molecule has 0 aromatic carbocycles. The minimum absolute atomic E-state index is 0.246. The van der Waals surface area contributed by atoms with Crippen LogP contribution >= 0.6 is 0 Å². The predicted octanol–water partition coefficient (Wildman–Crippen LogP) is 6.07. The Hall–Kier alpha value is -0.250. The number of ether oxygens (including phenoxy) is 3. The Morgan fingerprint density at radius 2 is 1.31 bits per heavy atom. The summed E-state index contributed by atoms with van der Waals surface area (Å²) >= 11 is 0. The lowest BCUT2D eigenvalue weighted by Crippen LogP contribution is -2.48. The summed E-state index contributed by atoms with van der Waals surface area (Å²) in [5, 5.41) is 0. The van der Waals surface area contributed by atoms with Crippen LogP contribution in [0.4, 0.5) is 0 Å². The highest BCUT2D eigenvalue weighted by molar-refractivity contribution is 7.85. The van der Waals surface area contributed by atoms with Gasteiger partial charge in [0.1, 0.15) is 6.61 Å². The number of hydrogen-bond donors (Lipinski definition) is 1. The zero-order chi connectivity index (χ0) is 25.8. The summed E-state index contributed by atoms with van der Waals surface area (Å²) in [6.07, 6.45) is 17.5. The van der Waals surface area contributed by atoms with Crippen LogP contribution in [0.5, 0.6) is 0 Å². The van der Waals surface area contributed by atoms with Crippen LogP contribution in [0.25, 0.3) is 0 Å². The Balaban J connectivity index is 2.33. The molecule has 0 unspecified atom stereocenters. The van der Waals surface area contributed by atoms with Gasteiger partial charge in [0.05, 0.1) is 19.0 Å². The molecule has 1 N–H and O–H groups in total. The van der Waals surface area contributed by atoms with Crippen molar-refractivity contribution in [2.24, 2.45) is 5.92 Å². The van der Waals surface area contributed by atoms with Crippen LogP contribution in [0, 0.1) is 5.92 Å². The first-order chi connectivity index (χ1) is 16.8. The molecule has 0 atom stereocenters. The second kappa shape index (κ2) is 19.8. The van der Waals surface area contributed by atoms with E-state index in [1.165, 1.54) is 83.5 Å². The Morgan fingerprint density at radius 1 is 0.829 bits per heavy atom. The van der Waals surface area contributed by atoms with E-state index >= 15 is 0 Å². The van der Waals surface area contributed by atoms with Crippen LogP contribution in [0.3, 0.4) is 0 Å². The van der Waals surface area contributed by atoms with Crippen LogP contribution in [-0.2, 0) is 24.3 Å². The van der Waals surface area contributed by atoms with Crippen molar-refractivity contribution in [1.82, 2.24) is 4.90 Å². The van der Waals surface area contributed by atoms with Crippen molar-refractivity contribution in [3.8, 4) is 0 Å². The summed E-state index contributed by atoms with van der Waals surface area (Å²) in [5.74, 6) is -0.732. The maximum absolute atomic E-state index is 10.8. The normalized spacial score (nSPS) is 21.1. The lowest BCUT2D eigenvalue weighted by atomic mass is 10.1. The molecular weight excluding hydrogens is 466 g/mol. The van der Waals surface area contributed by atoms with Gasteiger partial charge in [-0.05, 0) is 39.3 Å². The molecule has 1 fully saturated rings. The van der Waals surface area contributed by atoms with Gasteiger partial charge in [0.15, 0.2) is 5.79 Å². The van der Waals surface area contributed by atoms with Crippen LogP contribution in [0.1, 0.15) is 111 Å². The molecule has 8 heteroatoms. The van der Waals surface area contributed by atoms with Crippen molar-refractivity contribution in [1.29, 1.82) is 0 Å². The van der Waals surface area contributed by atoms with Crippen molar-refractivity contribution >= 4 is 10.1 Å². The van der Waals surface area contributed by atoms with E-state index in [4.69, 9.17) is 18.8 Å². The van der Waals surface area contributed by atoms with E-state index < -0.39 is 15.9 Å². The molecule has 0 aliphatic carbocycles. The molecule has 0 radical (unpaired) electrons. The van der Waals surface area contributed by atoms with Crippen molar-refractivity contribution in [3.05, 3.63) is 0 Å². The first-order valence-electron chi connectivity index (χ1n) is 14.3. The fourth-order valence-corrected chi connectivity index (χ4v) is 5.02. The summed E-state index contributed by atoms with van der Waals surface area (Å²) in [7, 11) is -3.94. The summed E-state index contributed by atoms with van der Waals surface area (Å²) in [5.41, 5.74) is 0. The number of nitrogens with zero attached hydrogens (tertiary/aromatic N) is 1. The third-order valence-corrected chi connectivity index (χ3v) is 7.53. The van der Waals surface area contributed by atoms with Crippen molar-refractivity contribution in [3.63, 3.8) is 0 Å². The average Bonchev–Trinajstić information content (AvgIpc) is 2.81. The van der Waals surface area contributed by atoms with Gasteiger partial charge in [-0.25, -0.2) is 0 Å². The van der Waals surface area contributed by atoms with Crippen molar-refractivity contribution < 1.29 is 27.2 Å². The van der Waals surface area contributed by atoms with Crippen molar-refractivity contribution in [2.75, 3.05) is 51.8 Å². The minimum Gasteiger partial charge on any atom is -0.376 e. The average molecular weight is 522 g/mol. The molecule has 1 aliphatic heterocycles. The molecule has 1 saturated heterocycles. The summed E-state index contributed by atoms with van der Waals surface area (Å²) in [6.45, 7) is 11.5. The van der Waals surface area contributed by atoms with E-state index in [0.717, 1.165) is 19.6 Å². The Morgan fingerprint density at radius 3 is 1.80 bits per heavy atom. The molecule has 35 heavy (non-hydrogen) atoms. The first kappa shape index (κ1) is 32.8. The van der Waals surface area contributed by atoms with E-state index in [0.29, 0.717) is 19.1 Å². The third kappa shape index (κ3) is 18.6. The Bertz CT molecular complexity index is 592. The highest BCUT2D eigenvalue weighted by Crippen LogP contribution is 2.23. The number of hydrogen-bond acceptors (Lipinski definition) is 6. The molecule has 210 valence electrons. The highest BCUT2D eigenvalue weighted by atomic mass is 32.2. The summed E-state index contributed by atoms with van der Waals surface area (Å²) in [4.78, 5) is 2.62. The molecule has 1 rings (SSSR count). The van der Waals surface area contributed by atoms with Gasteiger partial charge in [-0.3, -0.25) is 4.55 Å². The maximum atomic E-state index is 10.8. The topological polar surface area (TPSA) is 85.3 Å². The van der Waals surface area contributed by atoms with Crippen molar-refractivity contribution in [2.45, 2.75) is 116 Å². The zero-order valence-electron chi connectivity index (χ0n) is 23.0. The molecule has 7 nitrogen and oxygen atoms in total. The Kier molecular flexibility index (Phi) is 18.6. The highest BCUT2D eigenvalue weighted by Gasteiger charge is 2.34. The zero-order valence-corrected chi connectivity index (χ0v) is 23.8. The van der Waals surface area contributed by atoms with Gasteiger partial charge in [0.2, 0.25) is 0 Å². The first-order valence-corrected chi connectivity index (χ1v) is 15.9. The molecule has 0 saturated carbocycles. The quantitative estimate of drug-likeness (QED) is 0.129. The fraction of sp³-hybridized carbons (Fsp3) is 1.00. The SMILES string of the molecule is CCCCCCCCCN(CCCCCCCC)CC1COC(C)(COCCCS(=O)(=O)O)OC1. The third-order valence-electron chi connectivity index (χ3n) is 6.73. The molecule has 1 heterocycles. The molecular formula is C27H55NO6S. The van der Waals surface area contributed by atoms with E-state index in [2.05, 4.69) is 18.7 Å². The molecule has 0 aromatic heterocycles. The molecule has 0 spiro atoms. The standard InChI is InChI=1S/C27H55NO6S/c1-4-6-8-10-12-14-16-19-28(18-15-13-11-9-7-5-2)22-26-23-33-27(3,34-24-26)25-32-20-17-21-35(29,30)31/h26H,4-25H2,1-3H3,(H,29,30,31). The van der Waals surface area contributed by atoms with Gasteiger partial charge in [0.25, 0.3) is 10.1 Å². The molecule has 1 aliphatic rings. The summed E-state index contributed by atoms with van der Waals surface area (Å²) in [6, 6.07) is 0. The van der Waals surface area contributed by atoms with E-state index in [1.807, 2.05) is 6.92 Å². The van der Waals surface area contributed by atoms with E-state index in [-0.39, 0.29) is 25.4 Å². The fourth-order valence-electron chi connectivity index (χ4n) is 4.54. The van der Waals surface area contributed by atoms with Crippen LogP contribution in [-0.4, -0.2) is 75.5 Å². The second-order valence-electron chi connectivity index (χ2n) is 10.5. The largest absolute Gasteiger partial charge is 0.376 e. The van der Waals surface area contributed by atoms with Gasteiger partial charge in [-0.15, -0.1) is 0 Å². The van der Waals surface area contributed by atoms with Gasteiger partial charge >= 0.3 is 0 Å². The van der Waals surface area contributed by atoms with Gasteiger partial charge in [0, 0.05) is 19.1 Å². The minimum atomic E-state index is -3.94. The molecule has 0 aromatic rings. The van der Waals surface area contributed by atoms with Crippen LogP contribution in [0.2, 0.25) is 0 Å². The van der Waals surface area contributed by atoms with Gasteiger partial charge in [-0.1, -0.05) is 84.5 Å². The van der Waals surface area contributed by atoms with E-state index in [1.54, 1.807) is 0 Å². The lowest BCUT2D eigenvalue weighted by Gasteiger charge is -2.39. The monoisotopic (exact) mass is 521 g/mol. The molecule has 0 bridgehead atoms. The second-order valence-corrected chi connectivity index (χ2v) is 12.1. The Labute approximate surface area is 216 Å². The number of rotatable bonds is 23. The van der Waals surface area contributed by atoms with Crippen LogP contribution < -0.4 is 0 Å². The van der Waals surface area contributed by atoms with Crippen LogP contribution in [0.15, 0.2) is 0 Å². The number of unbranched alkanes of at least 4 members (excludes halogenated alkanes) is 11. The smallest absolute Gasteiger partial charge is 0.264 e. The van der Waals surface area contributed by atoms with E-state index in [9.17, 15) is 8.42 Å². The molecule has 0 amide bonds. The predicted molar refractivity (Wildman–Crippen MR) is 143 cm³/mol.